The number of fused-ring (bicyclic) bond motifs is 3. The molecule has 4 aliphatic rings. The van der Waals surface area contributed by atoms with Gasteiger partial charge in [0.05, 0.1) is 24.2 Å². The van der Waals surface area contributed by atoms with Crippen LogP contribution < -0.4 is 0 Å². The Morgan fingerprint density at radius 2 is 1.83 bits per heavy atom. The molecule has 0 amide bonds. The Morgan fingerprint density at radius 3 is 2.52 bits per heavy atom. The van der Waals surface area contributed by atoms with Crippen molar-refractivity contribution >= 4 is 23.9 Å². The average molecular weight is 316 g/mol. The van der Waals surface area contributed by atoms with E-state index in [9.17, 15) is 19.2 Å². The Kier molecular flexibility index (Phi) is 2.89. The summed E-state index contributed by atoms with van der Waals surface area (Å²) >= 11 is 0. The van der Waals surface area contributed by atoms with Gasteiger partial charge in [0.2, 0.25) is 0 Å². The molecule has 4 rings (SSSR count). The normalized spacial score (nSPS) is 42.0. The van der Waals surface area contributed by atoms with Crippen LogP contribution in [0.4, 0.5) is 0 Å². The maximum absolute atomic E-state index is 12.1. The van der Waals surface area contributed by atoms with Gasteiger partial charge in [-0.15, -0.1) is 0 Å². The van der Waals surface area contributed by atoms with E-state index in [0.717, 1.165) is 5.57 Å². The Hall–Kier alpha value is -2.24. The fourth-order valence-corrected chi connectivity index (χ4v) is 4.70. The Balaban J connectivity index is 1.80. The molecule has 0 spiro atoms. The molecule has 0 radical (unpaired) electrons. The van der Waals surface area contributed by atoms with Crippen molar-refractivity contribution < 1.29 is 28.7 Å². The molecule has 2 saturated heterocycles. The van der Waals surface area contributed by atoms with Crippen LogP contribution in [-0.2, 0) is 28.7 Å². The summed E-state index contributed by atoms with van der Waals surface area (Å²) in [5.41, 5.74) is 0.235. The van der Waals surface area contributed by atoms with Gasteiger partial charge in [-0.2, -0.15) is 0 Å². The smallest absolute Gasteiger partial charge is 0.321 e. The van der Waals surface area contributed by atoms with E-state index in [1.807, 2.05) is 25.2 Å². The van der Waals surface area contributed by atoms with Crippen LogP contribution in [0, 0.1) is 29.1 Å². The molecular formula is C17H16O6. The number of esters is 4. The highest BCUT2D eigenvalue weighted by Gasteiger charge is 2.61. The summed E-state index contributed by atoms with van der Waals surface area (Å²) < 4.78 is 9.57. The first kappa shape index (κ1) is 14.4. The summed E-state index contributed by atoms with van der Waals surface area (Å²) in [5.74, 6) is -3.87. The summed E-state index contributed by atoms with van der Waals surface area (Å²) in [6, 6.07) is 0. The summed E-state index contributed by atoms with van der Waals surface area (Å²) in [7, 11) is 0. The van der Waals surface area contributed by atoms with Gasteiger partial charge in [-0.25, -0.2) is 0 Å². The maximum Gasteiger partial charge on any atom is 0.321 e. The predicted molar refractivity (Wildman–Crippen MR) is 75.3 cm³/mol. The highest BCUT2D eigenvalue weighted by molar-refractivity contribution is 5.99. The Labute approximate surface area is 132 Å². The van der Waals surface area contributed by atoms with E-state index in [2.05, 4.69) is 0 Å². The zero-order chi connectivity index (χ0) is 16.4. The van der Waals surface area contributed by atoms with E-state index >= 15 is 0 Å². The highest BCUT2D eigenvalue weighted by Crippen LogP contribution is 2.59. The first-order valence-corrected chi connectivity index (χ1v) is 7.78. The van der Waals surface area contributed by atoms with Gasteiger partial charge < -0.3 is 9.47 Å². The summed E-state index contributed by atoms with van der Waals surface area (Å²) in [5, 5.41) is 0. The van der Waals surface area contributed by atoms with Crippen molar-refractivity contribution in [2.45, 2.75) is 26.2 Å². The average Bonchev–Trinajstić information content (AvgIpc) is 2.99. The van der Waals surface area contributed by atoms with Crippen LogP contribution in [0.2, 0.25) is 0 Å². The summed E-state index contributed by atoms with van der Waals surface area (Å²) in [6.07, 6.45) is 6.75. The summed E-state index contributed by atoms with van der Waals surface area (Å²) in [4.78, 5) is 47.8. The standard InChI is InChI=1S/C17H16O6/c1-17(11-6-12(18)22-15(11)20)7-9-13(16(21)23-14(9)19)8-4-2-3-5-10(8)17/h2-4,9-11,13H,5-7H2,1H3. The molecule has 2 aliphatic carbocycles. The van der Waals surface area contributed by atoms with Crippen LogP contribution in [0.25, 0.3) is 0 Å². The third-order valence-corrected chi connectivity index (χ3v) is 5.84. The molecule has 5 unspecified atom stereocenters. The van der Waals surface area contributed by atoms with Crippen molar-refractivity contribution in [1.82, 2.24) is 0 Å². The molecule has 3 fully saturated rings. The van der Waals surface area contributed by atoms with Gasteiger partial charge in [0.25, 0.3) is 0 Å². The topological polar surface area (TPSA) is 86.7 Å². The quantitative estimate of drug-likeness (QED) is 0.535. The third kappa shape index (κ3) is 1.87. The maximum atomic E-state index is 12.1. The van der Waals surface area contributed by atoms with Crippen LogP contribution in [0.1, 0.15) is 26.2 Å². The number of hydrogen-bond donors (Lipinski definition) is 0. The van der Waals surface area contributed by atoms with Gasteiger partial charge in [0.15, 0.2) is 0 Å². The molecule has 6 nitrogen and oxygen atoms in total. The van der Waals surface area contributed by atoms with Crippen LogP contribution >= 0.6 is 0 Å². The number of carbonyl (C=O) groups is 4. The fraction of sp³-hybridized carbons (Fsp3) is 0.529. The number of carbonyl (C=O) groups excluding carboxylic acids is 4. The lowest BCUT2D eigenvalue weighted by molar-refractivity contribution is -0.157. The van der Waals surface area contributed by atoms with Crippen LogP contribution in [0.5, 0.6) is 0 Å². The van der Waals surface area contributed by atoms with Gasteiger partial charge in [0.1, 0.15) is 0 Å². The van der Waals surface area contributed by atoms with Crippen LogP contribution in [0.15, 0.2) is 23.8 Å². The predicted octanol–water partition coefficient (Wildman–Crippen LogP) is 1.30. The van der Waals surface area contributed by atoms with Gasteiger partial charge >= 0.3 is 23.9 Å². The molecule has 0 aromatic heterocycles. The molecule has 6 heteroatoms. The van der Waals surface area contributed by atoms with Crippen molar-refractivity contribution in [3.63, 3.8) is 0 Å². The van der Waals surface area contributed by atoms with E-state index in [4.69, 9.17) is 9.47 Å². The van der Waals surface area contributed by atoms with Crippen molar-refractivity contribution in [2.75, 3.05) is 0 Å². The second-order valence-electron chi connectivity index (χ2n) is 6.97. The number of cyclic esters (lactones) is 4. The van der Waals surface area contributed by atoms with Gasteiger partial charge in [-0.05, 0) is 24.2 Å². The Morgan fingerprint density at radius 1 is 1.04 bits per heavy atom. The molecular weight excluding hydrogens is 300 g/mol. The SMILES string of the molecule is CC1(C2CC(=O)OC2=O)CC2C(=O)OC(=O)C2C2=CC=CCC21. The molecule has 1 saturated carbocycles. The number of ether oxygens (including phenoxy) is 2. The first-order chi connectivity index (χ1) is 10.9. The molecule has 0 bridgehead atoms. The van der Waals surface area contributed by atoms with Gasteiger partial charge in [0, 0.05) is 0 Å². The zero-order valence-electron chi connectivity index (χ0n) is 12.6. The fourth-order valence-electron chi connectivity index (χ4n) is 4.70. The molecule has 2 heterocycles. The van der Waals surface area contributed by atoms with Gasteiger partial charge in [-0.3, -0.25) is 19.2 Å². The number of hydrogen-bond acceptors (Lipinski definition) is 6. The van der Waals surface area contributed by atoms with Crippen LogP contribution in [0.3, 0.4) is 0 Å². The monoisotopic (exact) mass is 316 g/mol. The van der Waals surface area contributed by atoms with E-state index in [1.165, 1.54) is 0 Å². The molecule has 0 N–H and O–H groups in total. The second-order valence-corrected chi connectivity index (χ2v) is 6.97. The molecule has 0 aromatic rings. The minimum absolute atomic E-state index is 0.0310. The first-order valence-electron chi connectivity index (χ1n) is 7.78. The van der Waals surface area contributed by atoms with Gasteiger partial charge in [-0.1, -0.05) is 30.7 Å². The highest BCUT2D eigenvalue weighted by atomic mass is 16.6. The minimum Gasteiger partial charge on any atom is -0.393 e. The number of allylic oxidation sites excluding steroid dienone is 3. The number of rotatable bonds is 1. The van der Waals surface area contributed by atoms with Crippen molar-refractivity contribution in [3.05, 3.63) is 23.8 Å². The lowest BCUT2D eigenvalue weighted by atomic mass is 9.52. The third-order valence-electron chi connectivity index (χ3n) is 5.84. The minimum atomic E-state index is -0.607. The Bertz CT molecular complexity index is 702. The van der Waals surface area contributed by atoms with Crippen LogP contribution in [-0.4, -0.2) is 23.9 Å². The largest absolute Gasteiger partial charge is 0.393 e. The van der Waals surface area contributed by atoms with E-state index in [1.54, 1.807) is 0 Å². The molecule has 5 atom stereocenters. The molecule has 0 aromatic carbocycles. The molecule has 2 aliphatic heterocycles. The van der Waals surface area contributed by atoms with E-state index in [-0.39, 0.29) is 12.3 Å². The van der Waals surface area contributed by atoms with Crippen molar-refractivity contribution in [3.8, 4) is 0 Å². The lowest BCUT2D eigenvalue weighted by Gasteiger charge is -2.48. The summed E-state index contributed by atoms with van der Waals surface area (Å²) in [6.45, 7) is 1.92. The van der Waals surface area contributed by atoms with E-state index < -0.39 is 47.0 Å². The van der Waals surface area contributed by atoms with E-state index in [0.29, 0.717) is 12.8 Å². The molecule has 23 heavy (non-hydrogen) atoms. The van der Waals surface area contributed by atoms with Crippen molar-refractivity contribution in [2.24, 2.45) is 29.1 Å². The lowest BCUT2D eigenvalue weighted by Crippen LogP contribution is -2.48. The molecule has 120 valence electrons. The van der Waals surface area contributed by atoms with Crippen molar-refractivity contribution in [1.29, 1.82) is 0 Å². The second kappa shape index (κ2) is 4.63. The zero-order valence-corrected chi connectivity index (χ0v) is 12.6.